The molecule has 14 nitrogen and oxygen atoms in total. The lowest BCUT2D eigenvalue weighted by atomic mass is 10.0. The maximum absolute atomic E-state index is 13.7. The molecule has 212 valence electrons. The molecule has 0 radical (unpaired) electrons. The zero-order valence-electron chi connectivity index (χ0n) is 21.2. The normalized spacial score (nSPS) is 17.7. The van der Waals surface area contributed by atoms with Crippen LogP contribution in [-0.4, -0.2) is 94.2 Å². The van der Waals surface area contributed by atoms with E-state index in [1.54, 1.807) is 0 Å². The lowest BCUT2D eigenvalue weighted by molar-refractivity contribution is -0.384. The Bertz CT molecular complexity index is 1300. The van der Waals surface area contributed by atoms with Gasteiger partial charge in [0.25, 0.3) is 11.6 Å². The van der Waals surface area contributed by atoms with Crippen LogP contribution in [0.15, 0.2) is 48.5 Å². The monoisotopic (exact) mass is 558 g/mol. The molecule has 2 saturated heterocycles. The van der Waals surface area contributed by atoms with Crippen molar-refractivity contribution in [3.63, 3.8) is 0 Å². The van der Waals surface area contributed by atoms with E-state index in [-0.39, 0.29) is 43.1 Å². The summed E-state index contributed by atoms with van der Waals surface area (Å²) >= 11 is 0. The Kier molecular flexibility index (Phi) is 8.73. The molecule has 0 aromatic heterocycles. The maximum atomic E-state index is 13.7. The van der Waals surface area contributed by atoms with E-state index in [0.717, 1.165) is 17.0 Å². The van der Waals surface area contributed by atoms with Gasteiger partial charge in [0.2, 0.25) is 0 Å². The van der Waals surface area contributed by atoms with Gasteiger partial charge in [0, 0.05) is 44.0 Å². The summed E-state index contributed by atoms with van der Waals surface area (Å²) in [6.07, 6.45) is -2.11. The molecule has 2 aromatic rings. The number of nitrogens with one attached hydrogen (secondary N) is 2. The highest BCUT2D eigenvalue weighted by molar-refractivity contribution is 5.96. The molecule has 2 aliphatic heterocycles. The molecule has 40 heavy (non-hydrogen) atoms. The van der Waals surface area contributed by atoms with Gasteiger partial charge in [0.15, 0.2) is 6.17 Å². The molecule has 0 spiro atoms. The molecular formula is C25H27FN6O8. The Morgan fingerprint density at radius 3 is 2.42 bits per heavy atom. The molecule has 5 amide bonds. The van der Waals surface area contributed by atoms with Gasteiger partial charge in [-0.2, -0.15) is 0 Å². The van der Waals surface area contributed by atoms with Gasteiger partial charge in [0.1, 0.15) is 5.82 Å². The number of amides is 5. The van der Waals surface area contributed by atoms with Crippen LogP contribution in [-0.2, 0) is 14.3 Å². The van der Waals surface area contributed by atoms with Gasteiger partial charge >= 0.3 is 18.0 Å². The number of carboxylic acid groups (broad SMARTS) is 1. The first kappa shape index (κ1) is 28.2. The first-order chi connectivity index (χ1) is 19.1. The fourth-order valence-electron chi connectivity index (χ4n) is 4.55. The molecule has 2 unspecified atom stereocenters. The molecule has 2 aromatic carbocycles. The number of carbonyl (C=O) groups is 4. The lowest BCUT2D eigenvalue weighted by Crippen LogP contribution is -2.58. The van der Waals surface area contributed by atoms with E-state index in [4.69, 9.17) is 4.74 Å². The van der Waals surface area contributed by atoms with Crippen molar-refractivity contribution in [1.29, 1.82) is 0 Å². The van der Waals surface area contributed by atoms with Crippen LogP contribution in [0.1, 0.15) is 18.0 Å². The van der Waals surface area contributed by atoms with E-state index >= 15 is 0 Å². The van der Waals surface area contributed by atoms with Crippen LogP contribution >= 0.6 is 0 Å². The highest BCUT2D eigenvalue weighted by atomic mass is 19.1. The number of non-ortho nitro benzene ring substituents is 1. The molecule has 3 N–H and O–H groups in total. The van der Waals surface area contributed by atoms with Crippen molar-refractivity contribution in [2.75, 3.05) is 44.7 Å². The van der Waals surface area contributed by atoms with Gasteiger partial charge in [-0.05, 0) is 23.8 Å². The van der Waals surface area contributed by atoms with Crippen molar-refractivity contribution >= 4 is 35.3 Å². The minimum absolute atomic E-state index is 0.00868. The molecule has 0 saturated carbocycles. The van der Waals surface area contributed by atoms with Gasteiger partial charge in [-0.15, -0.1) is 0 Å². The fourth-order valence-corrected chi connectivity index (χ4v) is 4.55. The van der Waals surface area contributed by atoms with Crippen molar-refractivity contribution in [2.24, 2.45) is 0 Å². The smallest absolute Gasteiger partial charge is 0.323 e. The van der Waals surface area contributed by atoms with Crippen LogP contribution in [0.5, 0.6) is 0 Å². The number of anilines is 1. The number of aliphatic carboxylic acids is 1. The van der Waals surface area contributed by atoms with Crippen LogP contribution in [0.3, 0.4) is 0 Å². The third-order valence-corrected chi connectivity index (χ3v) is 6.45. The van der Waals surface area contributed by atoms with Crippen molar-refractivity contribution in [3.8, 4) is 0 Å². The van der Waals surface area contributed by atoms with Crippen LogP contribution in [0.2, 0.25) is 0 Å². The maximum Gasteiger partial charge on any atom is 0.323 e. The summed E-state index contributed by atoms with van der Waals surface area (Å²) in [5, 5.41) is 25.8. The number of hydrogen-bond acceptors (Lipinski definition) is 7. The number of ether oxygens (including phenoxy) is 1. The summed E-state index contributed by atoms with van der Waals surface area (Å²) in [4.78, 5) is 66.3. The average Bonchev–Trinajstić information content (AvgIpc) is 3.38. The Labute approximate surface area is 227 Å². The summed E-state index contributed by atoms with van der Waals surface area (Å²) in [5.41, 5.74) is -0.0181. The summed E-state index contributed by atoms with van der Waals surface area (Å²) in [6.45, 7) is 1.09. The van der Waals surface area contributed by atoms with Gasteiger partial charge in [-0.3, -0.25) is 29.5 Å². The summed E-state index contributed by atoms with van der Waals surface area (Å²) in [6, 6.07) is 7.77. The third-order valence-electron chi connectivity index (χ3n) is 6.45. The first-order valence-electron chi connectivity index (χ1n) is 12.4. The number of hydrogen-bond donors (Lipinski definition) is 3. The number of carboxylic acids is 1. The first-order valence-corrected chi connectivity index (χ1v) is 12.4. The second-order valence-electron chi connectivity index (χ2n) is 9.09. The van der Waals surface area contributed by atoms with E-state index in [1.807, 2.05) is 0 Å². The predicted molar refractivity (Wildman–Crippen MR) is 137 cm³/mol. The van der Waals surface area contributed by atoms with E-state index in [2.05, 4.69) is 10.6 Å². The molecule has 2 heterocycles. The highest BCUT2D eigenvalue weighted by Gasteiger charge is 2.45. The standard InChI is InChI=1S/C25H27FN6O8/c26-17-4-2-5-18(14-17)27-24(36)30-7-8-31(25(37)29-9-11-40-12-10-29)23(30)22(35)28-20(15-21(33)34)16-3-1-6-19(13-16)32(38)39/h1-6,13-14,20,23H,7-12,15H2,(H,27,36)(H,28,35)(H,33,34). The van der Waals surface area contributed by atoms with Gasteiger partial charge in [0.05, 0.1) is 30.6 Å². The molecule has 4 rings (SSSR count). The topological polar surface area (TPSA) is 175 Å². The van der Waals surface area contributed by atoms with Gasteiger partial charge in [-0.25, -0.2) is 14.0 Å². The van der Waals surface area contributed by atoms with Crippen LogP contribution in [0, 0.1) is 15.9 Å². The number of nitro benzene ring substituents is 1. The molecular weight excluding hydrogens is 531 g/mol. The summed E-state index contributed by atoms with van der Waals surface area (Å²) in [7, 11) is 0. The minimum Gasteiger partial charge on any atom is -0.481 e. The number of nitro groups is 1. The summed E-state index contributed by atoms with van der Waals surface area (Å²) < 4.78 is 19.0. The lowest BCUT2D eigenvalue weighted by Gasteiger charge is -2.35. The molecule has 0 aliphatic carbocycles. The average molecular weight is 559 g/mol. The Morgan fingerprint density at radius 1 is 1.05 bits per heavy atom. The van der Waals surface area contributed by atoms with Crippen molar-refractivity contribution in [3.05, 3.63) is 70.0 Å². The van der Waals surface area contributed by atoms with Crippen LogP contribution in [0.25, 0.3) is 0 Å². The second-order valence-corrected chi connectivity index (χ2v) is 9.09. The Morgan fingerprint density at radius 2 is 1.75 bits per heavy atom. The Hall–Kier alpha value is -4.79. The molecule has 2 aliphatic rings. The largest absolute Gasteiger partial charge is 0.481 e. The van der Waals surface area contributed by atoms with E-state index < -0.39 is 53.3 Å². The number of benzene rings is 2. The van der Waals surface area contributed by atoms with Crippen molar-refractivity contribution < 1.29 is 38.3 Å². The van der Waals surface area contributed by atoms with E-state index in [9.17, 15) is 38.8 Å². The quantitative estimate of drug-likeness (QED) is 0.342. The van der Waals surface area contributed by atoms with E-state index in [0.29, 0.717) is 13.2 Å². The molecule has 15 heteroatoms. The number of nitrogens with zero attached hydrogens (tertiary/aromatic N) is 4. The van der Waals surface area contributed by atoms with Crippen molar-refractivity contribution in [2.45, 2.75) is 18.6 Å². The number of urea groups is 2. The fraction of sp³-hybridized carbons (Fsp3) is 0.360. The number of rotatable bonds is 7. The van der Waals surface area contributed by atoms with Crippen LogP contribution < -0.4 is 10.6 Å². The number of morpholine rings is 1. The predicted octanol–water partition coefficient (Wildman–Crippen LogP) is 1.99. The van der Waals surface area contributed by atoms with Gasteiger partial charge in [-0.1, -0.05) is 18.2 Å². The number of carbonyl (C=O) groups excluding carboxylic acids is 3. The van der Waals surface area contributed by atoms with E-state index in [1.165, 1.54) is 46.2 Å². The third kappa shape index (κ3) is 6.61. The zero-order chi connectivity index (χ0) is 28.8. The van der Waals surface area contributed by atoms with Crippen LogP contribution in [0.4, 0.5) is 25.4 Å². The SMILES string of the molecule is O=C(O)CC(NC(=O)C1N(C(=O)Nc2cccc(F)c2)CCN1C(=O)N1CCOCC1)c1cccc([N+](=O)[O-])c1. The summed E-state index contributed by atoms with van der Waals surface area (Å²) in [5.74, 6) is -2.75. The minimum atomic E-state index is -1.49. The van der Waals surface area contributed by atoms with Crippen molar-refractivity contribution in [1.82, 2.24) is 20.0 Å². The Balaban J connectivity index is 1.62. The molecule has 0 bridgehead atoms. The van der Waals surface area contributed by atoms with Gasteiger partial charge < -0.3 is 25.4 Å². The molecule has 2 fully saturated rings. The zero-order valence-corrected chi connectivity index (χ0v) is 21.2. The highest BCUT2D eigenvalue weighted by Crippen LogP contribution is 2.25. The second kappa shape index (κ2) is 12.4. The number of halogens is 1. The molecule has 2 atom stereocenters.